The highest BCUT2D eigenvalue weighted by Gasteiger charge is 2.36. The third-order valence-electron chi connectivity index (χ3n) is 4.80. The molecule has 1 atom stereocenters. The first-order valence-corrected chi connectivity index (χ1v) is 9.99. The van der Waals surface area contributed by atoms with Crippen LogP contribution in [0.15, 0.2) is 0 Å². The smallest absolute Gasteiger partial charge is 0.245 e. The fourth-order valence-corrected chi connectivity index (χ4v) is 4.54. The van der Waals surface area contributed by atoms with E-state index in [1.165, 1.54) is 11.2 Å². The molecule has 2 fully saturated rings. The molecule has 2 rings (SSSR count). The minimum absolute atomic E-state index is 0.0688. The van der Waals surface area contributed by atoms with Gasteiger partial charge in [0.15, 0.2) is 0 Å². The van der Waals surface area contributed by atoms with Gasteiger partial charge in [0.05, 0.1) is 5.75 Å². The zero-order valence-electron chi connectivity index (χ0n) is 14.0. The highest BCUT2D eigenvalue weighted by atomic mass is 32.2. The number of piperazine rings is 1. The van der Waals surface area contributed by atoms with E-state index in [9.17, 15) is 18.0 Å². The standard InChI is InChI=1S/C15H27N3O4S/c1-3-23(21,22)18-10-8-17(9-11-18)15(20)14(16-12(2)19)13-6-4-5-7-13/h13-14H,3-11H2,1-2H3,(H,16,19). The number of hydrogen-bond acceptors (Lipinski definition) is 4. The Balaban J connectivity index is 1.99. The van der Waals surface area contributed by atoms with Crippen LogP contribution in [0.5, 0.6) is 0 Å². The molecule has 2 amide bonds. The van der Waals surface area contributed by atoms with Crippen LogP contribution in [-0.2, 0) is 19.6 Å². The average molecular weight is 345 g/mol. The summed E-state index contributed by atoms with van der Waals surface area (Å²) in [5, 5.41) is 2.81. The molecule has 0 aromatic rings. The molecule has 0 spiro atoms. The minimum Gasteiger partial charge on any atom is -0.344 e. The lowest BCUT2D eigenvalue weighted by Gasteiger charge is -2.37. The summed E-state index contributed by atoms with van der Waals surface area (Å²) in [6.45, 7) is 4.50. The van der Waals surface area contributed by atoms with E-state index in [0.717, 1.165) is 25.7 Å². The lowest BCUT2D eigenvalue weighted by Crippen LogP contribution is -2.57. The highest BCUT2D eigenvalue weighted by Crippen LogP contribution is 2.29. The fraction of sp³-hybridized carbons (Fsp3) is 0.867. The second-order valence-corrected chi connectivity index (χ2v) is 8.61. The van der Waals surface area contributed by atoms with Gasteiger partial charge in [-0.2, -0.15) is 4.31 Å². The van der Waals surface area contributed by atoms with Gasteiger partial charge in [-0.3, -0.25) is 9.59 Å². The summed E-state index contributed by atoms with van der Waals surface area (Å²) >= 11 is 0. The summed E-state index contributed by atoms with van der Waals surface area (Å²) in [6, 6.07) is -0.468. The predicted octanol–water partition coefficient (Wildman–Crippen LogP) is 0.175. The quantitative estimate of drug-likeness (QED) is 0.770. The molecule has 0 radical (unpaired) electrons. The van der Waals surface area contributed by atoms with Gasteiger partial charge in [-0.05, 0) is 25.7 Å². The summed E-state index contributed by atoms with van der Waals surface area (Å²) in [5.74, 6) is 0.0178. The van der Waals surface area contributed by atoms with E-state index >= 15 is 0 Å². The van der Waals surface area contributed by atoms with Crippen molar-refractivity contribution in [2.24, 2.45) is 5.92 Å². The number of carbonyl (C=O) groups excluding carboxylic acids is 2. The van der Waals surface area contributed by atoms with Crippen molar-refractivity contribution in [2.75, 3.05) is 31.9 Å². The third kappa shape index (κ3) is 4.44. The maximum atomic E-state index is 12.8. The Morgan fingerprint density at radius 3 is 2.17 bits per heavy atom. The van der Waals surface area contributed by atoms with Crippen LogP contribution >= 0.6 is 0 Å². The first-order valence-electron chi connectivity index (χ1n) is 8.39. The fourth-order valence-electron chi connectivity index (χ4n) is 3.46. The van der Waals surface area contributed by atoms with Gasteiger partial charge in [0.2, 0.25) is 21.8 Å². The van der Waals surface area contributed by atoms with Gasteiger partial charge < -0.3 is 10.2 Å². The van der Waals surface area contributed by atoms with E-state index in [1.54, 1.807) is 11.8 Å². The van der Waals surface area contributed by atoms with E-state index < -0.39 is 16.1 Å². The Bertz CT molecular complexity index is 535. The van der Waals surface area contributed by atoms with Crippen molar-refractivity contribution in [1.29, 1.82) is 0 Å². The van der Waals surface area contributed by atoms with E-state index in [-0.39, 0.29) is 23.5 Å². The molecule has 1 aliphatic carbocycles. The molecule has 0 aromatic carbocycles. The SMILES string of the molecule is CCS(=O)(=O)N1CCN(C(=O)C(NC(C)=O)C2CCCC2)CC1. The van der Waals surface area contributed by atoms with Gasteiger partial charge in [-0.25, -0.2) is 8.42 Å². The normalized spacial score (nSPS) is 22.1. The van der Waals surface area contributed by atoms with Crippen molar-refractivity contribution < 1.29 is 18.0 Å². The highest BCUT2D eigenvalue weighted by molar-refractivity contribution is 7.89. The van der Waals surface area contributed by atoms with Crippen molar-refractivity contribution >= 4 is 21.8 Å². The summed E-state index contributed by atoms with van der Waals surface area (Å²) in [5.41, 5.74) is 0. The maximum absolute atomic E-state index is 12.8. The molecule has 23 heavy (non-hydrogen) atoms. The van der Waals surface area contributed by atoms with E-state index in [4.69, 9.17) is 0 Å². The molecule has 1 saturated carbocycles. The van der Waals surface area contributed by atoms with Gasteiger partial charge in [0, 0.05) is 33.1 Å². The van der Waals surface area contributed by atoms with Crippen molar-refractivity contribution in [2.45, 2.75) is 45.6 Å². The number of nitrogens with zero attached hydrogens (tertiary/aromatic N) is 2. The van der Waals surface area contributed by atoms with E-state index in [0.29, 0.717) is 26.2 Å². The van der Waals surface area contributed by atoms with Crippen LogP contribution in [0.1, 0.15) is 39.5 Å². The largest absolute Gasteiger partial charge is 0.344 e. The molecule has 7 nitrogen and oxygen atoms in total. The minimum atomic E-state index is -3.20. The number of rotatable bonds is 5. The summed E-state index contributed by atoms with van der Waals surface area (Å²) in [6.07, 6.45) is 4.11. The van der Waals surface area contributed by atoms with E-state index in [1.807, 2.05) is 0 Å². The predicted molar refractivity (Wildman–Crippen MR) is 87.2 cm³/mol. The Kier molecular flexibility index (Phi) is 6.02. The Morgan fingerprint density at radius 1 is 1.13 bits per heavy atom. The van der Waals surface area contributed by atoms with Gasteiger partial charge in [-0.1, -0.05) is 12.8 Å². The summed E-state index contributed by atoms with van der Waals surface area (Å²) < 4.78 is 25.2. The molecule has 1 N–H and O–H groups in total. The van der Waals surface area contributed by atoms with Crippen molar-refractivity contribution in [3.8, 4) is 0 Å². The van der Waals surface area contributed by atoms with Gasteiger partial charge in [-0.15, -0.1) is 0 Å². The van der Waals surface area contributed by atoms with Crippen LogP contribution in [0.3, 0.4) is 0 Å². The van der Waals surface area contributed by atoms with Crippen LogP contribution in [0.25, 0.3) is 0 Å². The van der Waals surface area contributed by atoms with Gasteiger partial charge >= 0.3 is 0 Å². The van der Waals surface area contributed by atoms with Crippen molar-refractivity contribution in [3.63, 3.8) is 0 Å². The molecular formula is C15H27N3O4S. The van der Waals surface area contributed by atoms with Crippen LogP contribution in [0, 0.1) is 5.92 Å². The summed E-state index contributed by atoms with van der Waals surface area (Å²) in [4.78, 5) is 25.9. The lowest BCUT2D eigenvalue weighted by molar-refractivity contribution is -0.138. The molecule has 2 aliphatic rings. The second-order valence-electron chi connectivity index (χ2n) is 6.35. The van der Waals surface area contributed by atoms with Crippen LogP contribution in [0.2, 0.25) is 0 Å². The Morgan fingerprint density at radius 2 is 1.70 bits per heavy atom. The Labute approximate surface area is 138 Å². The first kappa shape index (κ1) is 18.2. The molecule has 1 unspecified atom stereocenters. The molecule has 1 saturated heterocycles. The molecule has 0 bridgehead atoms. The zero-order chi connectivity index (χ0) is 17.0. The van der Waals surface area contributed by atoms with Gasteiger partial charge in [0.25, 0.3) is 0 Å². The molecular weight excluding hydrogens is 318 g/mol. The van der Waals surface area contributed by atoms with Crippen molar-refractivity contribution in [3.05, 3.63) is 0 Å². The number of hydrogen-bond donors (Lipinski definition) is 1. The number of sulfonamides is 1. The Hall–Kier alpha value is -1.15. The maximum Gasteiger partial charge on any atom is 0.245 e. The van der Waals surface area contributed by atoms with Crippen LogP contribution in [0.4, 0.5) is 0 Å². The van der Waals surface area contributed by atoms with Crippen LogP contribution in [-0.4, -0.2) is 67.4 Å². The lowest BCUT2D eigenvalue weighted by atomic mass is 9.96. The van der Waals surface area contributed by atoms with Crippen LogP contribution < -0.4 is 5.32 Å². The molecule has 0 aromatic heterocycles. The summed E-state index contributed by atoms with van der Waals surface area (Å²) in [7, 11) is -3.20. The molecule has 8 heteroatoms. The monoisotopic (exact) mass is 345 g/mol. The molecule has 1 heterocycles. The number of nitrogens with one attached hydrogen (secondary N) is 1. The van der Waals surface area contributed by atoms with Crippen molar-refractivity contribution in [1.82, 2.24) is 14.5 Å². The van der Waals surface area contributed by atoms with E-state index in [2.05, 4.69) is 5.32 Å². The third-order valence-corrected chi connectivity index (χ3v) is 6.69. The zero-order valence-corrected chi connectivity index (χ0v) is 14.8. The molecule has 132 valence electrons. The second kappa shape index (κ2) is 7.61. The number of amides is 2. The first-order chi connectivity index (χ1) is 10.8. The average Bonchev–Trinajstić information content (AvgIpc) is 3.06. The topological polar surface area (TPSA) is 86.8 Å². The van der Waals surface area contributed by atoms with Gasteiger partial charge in [0.1, 0.15) is 6.04 Å². The number of carbonyl (C=O) groups is 2. The molecule has 1 aliphatic heterocycles.